The zero-order valence-electron chi connectivity index (χ0n) is 16.2. The summed E-state index contributed by atoms with van der Waals surface area (Å²) in [6.07, 6.45) is 1.08. The summed E-state index contributed by atoms with van der Waals surface area (Å²) < 4.78 is 25.1. The molecule has 1 aliphatic heterocycles. The van der Waals surface area contributed by atoms with E-state index in [0.29, 0.717) is 18.2 Å². The lowest BCUT2D eigenvalue weighted by molar-refractivity contribution is 0.181. The van der Waals surface area contributed by atoms with Crippen LogP contribution in [-0.2, 0) is 11.3 Å². The third kappa shape index (κ3) is 6.07. The van der Waals surface area contributed by atoms with E-state index in [1.165, 1.54) is 6.07 Å². The number of rotatable bonds is 6. The quantitative estimate of drug-likeness (QED) is 0.366. The van der Waals surface area contributed by atoms with Crippen LogP contribution in [0.25, 0.3) is 0 Å². The lowest BCUT2D eigenvalue weighted by atomic mass is 10.1. The molecule has 0 aromatic heterocycles. The van der Waals surface area contributed by atoms with Crippen LogP contribution in [0.1, 0.15) is 12.0 Å². The third-order valence-corrected chi connectivity index (χ3v) is 4.60. The molecule has 0 amide bonds. The van der Waals surface area contributed by atoms with E-state index >= 15 is 0 Å². The van der Waals surface area contributed by atoms with Gasteiger partial charge in [-0.1, -0.05) is 30.3 Å². The minimum atomic E-state index is -0.380. The third-order valence-electron chi connectivity index (χ3n) is 4.60. The second-order valence-electron chi connectivity index (χ2n) is 6.65. The standard InChI is InChI=1S/C21H26FN3O2.HI/c1-23-21(25(2)14-16-11-12-26-15-16)24-13-17-7-3-5-9-19(17)27-20-10-6-4-8-18(20)22;/h3-10,16H,11-15H2,1-2H3,(H,23,24);1H. The van der Waals surface area contributed by atoms with Gasteiger partial charge in [-0.25, -0.2) is 4.39 Å². The summed E-state index contributed by atoms with van der Waals surface area (Å²) in [5.41, 5.74) is 0.930. The molecule has 0 spiro atoms. The number of aliphatic imine (C=N–C) groups is 1. The van der Waals surface area contributed by atoms with Gasteiger partial charge in [0, 0.05) is 45.3 Å². The van der Waals surface area contributed by atoms with Crippen LogP contribution in [0.15, 0.2) is 53.5 Å². The smallest absolute Gasteiger partial charge is 0.193 e. The van der Waals surface area contributed by atoms with Crippen molar-refractivity contribution in [2.75, 3.05) is 33.9 Å². The Labute approximate surface area is 183 Å². The van der Waals surface area contributed by atoms with Crippen molar-refractivity contribution in [2.24, 2.45) is 10.9 Å². The van der Waals surface area contributed by atoms with E-state index in [-0.39, 0.29) is 35.5 Å². The maximum Gasteiger partial charge on any atom is 0.193 e. The number of benzene rings is 2. The predicted octanol–water partition coefficient (Wildman–Crippen LogP) is 4.28. The number of hydrogen-bond acceptors (Lipinski definition) is 3. The van der Waals surface area contributed by atoms with Crippen molar-refractivity contribution < 1.29 is 13.9 Å². The number of hydrogen-bond donors (Lipinski definition) is 1. The Morgan fingerprint density at radius 1 is 1.21 bits per heavy atom. The molecule has 0 aliphatic carbocycles. The summed E-state index contributed by atoms with van der Waals surface area (Å²) in [5, 5.41) is 3.36. The van der Waals surface area contributed by atoms with E-state index in [1.54, 1.807) is 25.2 Å². The molecular weight excluding hydrogens is 472 g/mol. The number of nitrogens with zero attached hydrogens (tertiary/aromatic N) is 2. The molecule has 0 radical (unpaired) electrons. The van der Waals surface area contributed by atoms with E-state index in [9.17, 15) is 4.39 Å². The summed E-state index contributed by atoms with van der Waals surface area (Å²) in [7, 11) is 3.79. The van der Waals surface area contributed by atoms with Crippen molar-refractivity contribution in [1.29, 1.82) is 0 Å². The predicted molar refractivity (Wildman–Crippen MR) is 120 cm³/mol. The van der Waals surface area contributed by atoms with Gasteiger partial charge in [-0.05, 0) is 24.6 Å². The van der Waals surface area contributed by atoms with E-state index in [2.05, 4.69) is 15.2 Å². The van der Waals surface area contributed by atoms with Crippen molar-refractivity contribution in [2.45, 2.75) is 13.0 Å². The molecule has 7 heteroatoms. The lowest BCUT2D eigenvalue weighted by Gasteiger charge is -2.24. The summed E-state index contributed by atoms with van der Waals surface area (Å²) in [4.78, 5) is 6.47. The van der Waals surface area contributed by atoms with E-state index in [1.807, 2.05) is 31.3 Å². The zero-order valence-corrected chi connectivity index (χ0v) is 18.6. The molecule has 1 aliphatic rings. The second kappa shape index (κ2) is 11.2. The first kappa shape index (κ1) is 22.4. The Kier molecular flexibility index (Phi) is 8.98. The first-order valence-electron chi connectivity index (χ1n) is 9.17. The molecule has 1 unspecified atom stereocenters. The topological polar surface area (TPSA) is 46.1 Å². The maximum atomic E-state index is 13.9. The van der Waals surface area contributed by atoms with Crippen molar-refractivity contribution in [3.05, 3.63) is 59.9 Å². The fourth-order valence-corrected chi connectivity index (χ4v) is 3.16. The highest BCUT2D eigenvalue weighted by Gasteiger charge is 2.19. The molecule has 2 aromatic carbocycles. The largest absolute Gasteiger partial charge is 0.454 e. The van der Waals surface area contributed by atoms with Gasteiger partial charge < -0.3 is 19.7 Å². The molecule has 1 atom stereocenters. The normalized spacial score (nSPS) is 16.4. The van der Waals surface area contributed by atoms with Crippen LogP contribution in [0, 0.1) is 11.7 Å². The van der Waals surface area contributed by atoms with Crippen molar-refractivity contribution in [3.63, 3.8) is 0 Å². The summed E-state index contributed by atoms with van der Waals surface area (Å²) in [5.74, 6) is 1.80. The molecule has 0 bridgehead atoms. The molecule has 3 rings (SSSR count). The van der Waals surface area contributed by atoms with Crippen LogP contribution in [0.2, 0.25) is 0 Å². The number of halogens is 2. The van der Waals surface area contributed by atoms with Crippen molar-refractivity contribution >= 4 is 29.9 Å². The summed E-state index contributed by atoms with van der Waals surface area (Å²) in [6.45, 7) is 3.07. The SMILES string of the molecule is CN=C(NCc1ccccc1Oc1ccccc1F)N(C)CC1CCOC1.I. The Balaban J connectivity index is 0.00000280. The van der Waals surface area contributed by atoms with Crippen LogP contribution < -0.4 is 10.1 Å². The molecule has 1 saturated heterocycles. The highest BCUT2D eigenvalue weighted by Crippen LogP contribution is 2.27. The zero-order chi connectivity index (χ0) is 19.1. The van der Waals surface area contributed by atoms with E-state index in [0.717, 1.165) is 37.7 Å². The fourth-order valence-electron chi connectivity index (χ4n) is 3.16. The molecule has 152 valence electrons. The Morgan fingerprint density at radius 2 is 1.93 bits per heavy atom. The number of para-hydroxylation sites is 2. The molecule has 0 saturated carbocycles. The molecular formula is C21H27FIN3O2. The van der Waals surface area contributed by atoms with Crippen LogP contribution >= 0.6 is 24.0 Å². The van der Waals surface area contributed by atoms with Gasteiger partial charge in [-0.15, -0.1) is 24.0 Å². The van der Waals surface area contributed by atoms with Crippen LogP contribution in [-0.4, -0.2) is 44.7 Å². The van der Waals surface area contributed by atoms with Gasteiger partial charge in [0.2, 0.25) is 0 Å². The highest BCUT2D eigenvalue weighted by molar-refractivity contribution is 14.0. The highest BCUT2D eigenvalue weighted by atomic mass is 127. The average molecular weight is 499 g/mol. The first-order chi connectivity index (χ1) is 13.2. The monoisotopic (exact) mass is 499 g/mol. The molecule has 5 nitrogen and oxygen atoms in total. The minimum Gasteiger partial charge on any atom is -0.454 e. The first-order valence-corrected chi connectivity index (χ1v) is 9.17. The van der Waals surface area contributed by atoms with Crippen molar-refractivity contribution in [1.82, 2.24) is 10.2 Å². The van der Waals surface area contributed by atoms with Crippen LogP contribution in [0.4, 0.5) is 4.39 Å². The van der Waals surface area contributed by atoms with Crippen molar-refractivity contribution in [3.8, 4) is 11.5 Å². The molecule has 28 heavy (non-hydrogen) atoms. The fraction of sp³-hybridized carbons (Fsp3) is 0.381. The molecule has 2 aromatic rings. The van der Waals surface area contributed by atoms with Gasteiger partial charge in [0.15, 0.2) is 17.5 Å². The number of guanidine groups is 1. The Bertz CT molecular complexity index is 782. The van der Waals surface area contributed by atoms with E-state index in [4.69, 9.17) is 9.47 Å². The van der Waals surface area contributed by atoms with Gasteiger partial charge in [0.05, 0.1) is 6.61 Å². The molecule has 1 fully saturated rings. The maximum absolute atomic E-state index is 13.9. The van der Waals surface area contributed by atoms with Gasteiger partial charge in [-0.3, -0.25) is 4.99 Å². The van der Waals surface area contributed by atoms with Gasteiger partial charge in [0.1, 0.15) is 5.75 Å². The Hall–Kier alpha value is -1.87. The van der Waals surface area contributed by atoms with Gasteiger partial charge >= 0.3 is 0 Å². The summed E-state index contributed by atoms with van der Waals surface area (Å²) >= 11 is 0. The van der Waals surface area contributed by atoms with Crippen LogP contribution in [0.3, 0.4) is 0 Å². The number of nitrogens with one attached hydrogen (secondary N) is 1. The number of ether oxygens (including phenoxy) is 2. The summed E-state index contributed by atoms with van der Waals surface area (Å²) in [6, 6.07) is 14.0. The van der Waals surface area contributed by atoms with Gasteiger partial charge in [-0.2, -0.15) is 0 Å². The molecule has 1 heterocycles. The molecule has 1 N–H and O–H groups in total. The van der Waals surface area contributed by atoms with Gasteiger partial charge in [0.25, 0.3) is 0 Å². The minimum absolute atomic E-state index is 0. The average Bonchev–Trinajstić information content (AvgIpc) is 3.18. The van der Waals surface area contributed by atoms with E-state index < -0.39 is 0 Å². The second-order valence-corrected chi connectivity index (χ2v) is 6.65. The van der Waals surface area contributed by atoms with Crippen LogP contribution in [0.5, 0.6) is 11.5 Å². The Morgan fingerprint density at radius 3 is 2.61 bits per heavy atom. The lowest BCUT2D eigenvalue weighted by Crippen LogP contribution is -2.41.